The molecular formula is C18H23N3O. The summed E-state index contributed by atoms with van der Waals surface area (Å²) in [6, 6.07) is 11.7. The van der Waals surface area contributed by atoms with E-state index in [-0.39, 0.29) is 11.4 Å². The summed E-state index contributed by atoms with van der Waals surface area (Å²) < 4.78 is 1.88. The predicted molar refractivity (Wildman–Crippen MR) is 88.4 cm³/mol. The Bertz CT molecular complexity index is 678. The largest absolute Gasteiger partial charge is 0.310 e. The predicted octanol–water partition coefficient (Wildman–Crippen LogP) is 3.79. The van der Waals surface area contributed by atoms with Gasteiger partial charge in [-0.1, -0.05) is 18.2 Å². The minimum Gasteiger partial charge on any atom is -0.310 e. The molecule has 116 valence electrons. The molecule has 0 atom stereocenters. The number of hydrogen-bond acceptors (Lipinski definition) is 2. The first kappa shape index (κ1) is 14.8. The van der Waals surface area contributed by atoms with E-state index in [4.69, 9.17) is 5.10 Å². The molecule has 4 heteroatoms. The van der Waals surface area contributed by atoms with Crippen LogP contribution in [0.2, 0.25) is 0 Å². The van der Waals surface area contributed by atoms with Crippen molar-refractivity contribution in [1.29, 1.82) is 0 Å². The van der Waals surface area contributed by atoms with Crippen LogP contribution in [0.4, 0.5) is 5.69 Å². The van der Waals surface area contributed by atoms with Crippen molar-refractivity contribution in [2.45, 2.75) is 45.1 Å². The van der Waals surface area contributed by atoms with E-state index in [1.807, 2.05) is 48.1 Å². The van der Waals surface area contributed by atoms with E-state index in [0.717, 1.165) is 11.4 Å². The summed E-state index contributed by atoms with van der Waals surface area (Å²) in [5.74, 6) is 0.526. The molecule has 1 saturated carbocycles. The van der Waals surface area contributed by atoms with Crippen LogP contribution in [0.15, 0.2) is 36.4 Å². The van der Waals surface area contributed by atoms with Gasteiger partial charge < -0.3 is 4.90 Å². The lowest BCUT2D eigenvalue weighted by Gasteiger charge is -2.24. The Labute approximate surface area is 131 Å². The molecule has 0 bridgehead atoms. The summed E-state index contributed by atoms with van der Waals surface area (Å²) in [6.07, 6.45) is 2.37. The molecule has 0 saturated heterocycles. The molecule has 1 aromatic carbocycles. The molecule has 0 unspecified atom stereocenters. The van der Waals surface area contributed by atoms with Crippen LogP contribution < -0.4 is 4.90 Å². The third-order valence-corrected chi connectivity index (χ3v) is 4.03. The SMILES string of the molecule is CN(C(=O)c1cc(C2CC2)nn1C(C)(C)C)c1ccccc1. The van der Waals surface area contributed by atoms with E-state index in [1.54, 1.807) is 4.90 Å². The summed E-state index contributed by atoms with van der Waals surface area (Å²) in [6.45, 7) is 6.24. The van der Waals surface area contributed by atoms with Crippen molar-refractivity contribution in [2.75, 3.05) is 11.9 Å². The minimum absolute atomic E-state index is 0.0134. The molecule has 1 heterocycles. The lowest BCUT2D eigenvalue weighted by molar-refractivity contribution is 0.0975. The Kier molecular flexibility index (Phi) is 3.55. The van der Waals surface area contributed by atoms with E-state index >= 15 is 0 Å². The van der Waals surface area contributed by atoms with E-state index in [9.17, 15) is 4.79 Å². The zero-order valence-electron chi connectivity index (χ0n) is 13.7. The molecule has 2 aromatic rings. The molecule has 0 N–H and O–H groups in total. The summed E-state index contributed by atoms with van der Waals surface area (Å²) in [5, 5.41) is 4.71. The molecule has 3 rings (SSSR count). The molecule has 1 aromatic heterocycles. The fraction of sp³-hybridized carbons (Fsp3) is 0.444. The number of nitrogens with zero attached hydrogens (tertiary/aromatic N) is 3. The van der Waals surface area contributed by atoms with Gasteiger partial charge in [-0.3, -0.25) is 9.48 Å². The number of benzene rings is 1. The Balaban J connectivity index is 1.97. The number of carbonyl (C=O) groups excluding carboxylic acids is 1. The van der Waals surface area contributed by atoms with Crippen molar-refractivity contribution in [1.82, 2.24) is 9.78 Å². The summed E-state index contributed by atoms with van der Waals surface area (Å²) in [4.78, 5) is 14.6. The van der Waals surface area contributed by atoms with Crippen molar-refractivity contribution in [3.8, 4) is 0 Å². The number of para-hydroxylation sites is 1. The summed E-state index contributed by atoms with van der Waals surface area (Å²) in [7, 11) is 1.81. The number of aromatic nitrogens is 2. The normalized spacial score (nSPS) is 14.9. The fourth-order valence-corrected chi connectivity index (χ4v) is 2.58. The molecule has 4 nitrogen and oxygen atoms in total. The Morgan fingerprint density at radius 1 is 1.23 bits per heavy atom. The van der Waals surface area contributed by atoms with Crippen molar-refractivity contribution < 1.29 is 4.79 Å². The van der Waals surface area contributed by atoms with Crippen LogP contribution in [-0.2, 0) is 5.54 Å². The maximum absolute atomic E-state index is 12.9. The van der Waals surface area contributed by atoms with Crippen LogP contribution in [-0.4, -0.2) is 22.7 Å². The average Bonchev–Trinajstić information content (AvgIpc) is 3.24. The minimum atomic E-state index is -0.213. The van der Waals surface area contributed by atoms with Gasteiger partial charge >= 0.3 is 0 Å². The second-order valence-corrected chi connectivity index (χ2v) is 7.01. The Hall–Kier alpha value is -2.10. The first-order chi connectivity index (χ1) is 10.4. The molecule has 1 amide bonds. The Morgan fingerprint density at radius 3 is 2.41 bits per heavy atom. The van der Waals surface area contributed by atoms with Crippen molar-refractivity contribution in [3.63, 3.8) is 0 Å². The molecule has 1 aliphatic rings. The van der Waals surface area contributed by atoms with Crippen LogP contribution >= 0.6 is 0 Å². The van der Waals surface area contributed by atoms with Gasteiger partial charge in [-0.05, 0) is 51.8 Å². The van der Waals surface area contributed by atoms with Gasteiger partial charge in [0.25, 0.3) is 5.91 Å². The molecule has 1 fully saturated rings. The van der Waals surface area contributed by atoms with Crippen molar-refractivity contribution >= 4 is 11.6 Å². The second kappa shape index (κ2) is 5.27. The first-order valence-electron chi connectivity index (χ1n) is 7.81. The molecule has 0 aliphatic heterocycles. The van der Waals surface area contributed by atoms with Gasteiger partial charge in [0.15, 0.2) is 0 Å². The third-order valence-electron chi connectivity index (χ3n) is 4.03. The van der Waals surface area contributed by atoms with Crippen LogP contribution in [0.1, 0.15) is 55.7 Å². The van der Waals surface area contributed by atoms with Gasteiger partial charge in [0.2, 0.25) is 0 Å². The van der Waals surface area contributed by atoms with Gasteiger partial charge in [0, 0.05) is 18.7 Å². The molecule has 22 heavy (non-hydrogen) atoms. The van der Waals surface area contributed by atoms with E-state index < -0.39 is 0 Å². The van der Waals surface area contributed by atoms with Crippen molar-refractivity contribution in [3.05, 3.63) is 47.8 Å². The van der Waals surface area contributed by atoms with Gasteiger partial charge in [0.05, 0.1) is 11.2 Å². The highest BCUT2D eigenvalue weighted by Crippen LogP contribution is 2.40. The highest BCUT2D eigenvalue weighted by atomic mass is 16.2. The first-order valence-corrected chi connectivity index (χ1v) is 7.81. The van der Waals surface area contributed by atoms with Crippen LogP contribution in [0.3, 0.4) is 0 Å². The maximum Gasteiger partial charge on any atom is 0.276 e. The van der Waals surface area contributed by atoms with Crippen molar-refractivity contribution in [2.24, 2.45) is 0 Å². The van der Waals surface area contributed by atoms with E-state index in [2.05, 4.69) is 20.8 Å². The van der Waals surface area contributed by atoms with E-state index in [1.165, 1.54) is 12.8 Å². The quantitative estimate of drug-likeness (QED) is 0.864. The summed E-state index contributed by atoms with van der Waals surface area (Å²) in [5.41, 5.74) is 2.40. The summed E-state index contributed by atoms with van der Waals surface area (Å²) >= 11 is 0. The standard InChI is InChI=1S/C18H23N3O/c1-18(2,3)21-16(12-15(19-21)13-10-11-13)17(22)20(4)14-8-6-5-7-9-14/h5-9,12-13H,10-11H2,1-4H3. The average molecular weight is 297 g/mol. The van der Waals surface area contributed by atoms with Gasteiger partial charge in [-0.15, -0.1) is 0 Å². The molecule has 1 aliphatic carbocycles. The topological polar surface area (TPSA) is 38.1 Å². The third kappa shape index (κ3) is 2.78. The van der Waals surface area contributed by atoms with Crippen LogP contribution in [0, 0.1) is 0 Å². The highest BCUT2D eigenvalue weighted by molar-refractivity contribution is 6.04. The lowest BCUT2D eigenvalue weighted by Crippen LogP contribution is -2.33. The maximum atomic E-state index is 12.9. The van der Waals surface area contributed by atoms with Crippen LogP contribution in [0.25, 0.3) is 0 Å². The fourth-order valence-electron chi connectivity index (χ4n) is 2.58. The van der Waals surface area contributed by atoms with Crippen LogP contribution in [0.5, 0.6) is 0 Å². The van der Waals surface area contributed by atoms with Gasteiger partial charge in [0.1, 0.15) is 5.69 Å². The highest BCUT2D eigenvalue weighted by Gasteiger charge is 2.32. The Morgan fingerprint density at radius 2 is 1.86 bits per heavy atom. The van der Waals surface area contributed by atoms with Gasteiger partial charge in [-0.25, -0.2) is 0 Å². The molecule has 0 spiro atoms. The molecule has 0 radical (unpaired) electrons. The molecular weight excluding hydrogens is 274 g/mol. The number of anilines is 1. The number of rotatable bonds is 3. The number of amides is 1. The monoisotopic (exact) mass is 297 g/mol. The zero-order chi connectivity index (χ0) is 15.9. The second-order valence-electron chi connectivity index (χ2n) is 7.01. The number of hydrogen-bond donors (Lipinski definition) is 0. The van der Waals surface area contributed by atoms with E-state index in [0.29, 0.717) is 11.6 Å². The lowest BCUT2D eigenvalue weighted by atomic mass is 10.1. The zero-order valence-corrected chi connectivity index (χ0v) is 13.7. The smallest absolute Gasteiger partial charge is 0.276 e. The van der Waals surface area contributed by atoms with Gasteiger partial charge in [-0.2, -0.15) is 5.10 Å². The number of carbonyl (C=O) groups is 1.